The van der Waals surface area contributed by atoms with Crippen LogP contribution >= 0.6 is 0 Å². The third kappa shape index (κ3) is 4.45. The van der Waals surface area contributed by atoms with Crippen molar-refractivity contribution in [3.8, 4) is 17.0 Å². The predicted molar refractivity (Wildman–Crippen MR) is 111 cm³/mol. The molecule has 0 fully saturated rings. The number of nitrogens with zero attached hydrogens (tertiary/aromatic N) is 3. The first-order valence-electron chi connectivity index (χ1n) is 9.55. The molecule has 1 amide bonds. The van der Waals surface area contributed by atoms with Crippen molar-refractivity contribution in [3.05, 3.63) is 76.6 Å². The number of nitrogens with one attached hydrogen (secondary N) is 1. The monoisotopic (exact) mass is 422 g/mol. The van der Waals surface area contributed by atoms with E-state index in [0.717, 1.165) is 11.3 Å². The van der Waals surface area contributed by atoms with E-state index in [1.165, 1.54) is 29.1 Å². The predicted octanol–water partition coefficient (Wildman–Crippen LogP) is 2.91. The number of carbonyl (C=O) groups excluding carboxylic acids is 1. The molecule has 8 nitrogen and oxygen atoms in total. The molecule has 4 rings (SSSR count). The van der Waals surface area contributed by atoms with Gasteiger partial charge in [0.15, 0.2) is 0 Å². The topological polar surface area (TPSA) is 99.2 Å². The van der Waals surface area contributed by atoms with Crippen molar-refractivity contribution in [2.24, 2.45) is 0 Å². The minimum Gasteiger partial charge on any atom is -0.497 e. The van der Waals surface area contributed by atoms with Gasteiger partial charge in [-0.05, 0) is 29.8 Å². The molecule has 0 spiro atoms. The van der Waals surface area contributed by atoms with E-state index in [1.54, 1.807) is 13.2 Å². The number of rotatable bonds is 7. The smallest absolute Gasteiger partial charge is 0.266 e. The van der Waals surface area contributed by atoms with E-state index in [-0.39, 0.29) is 35.7 Å². The Morgan fingerprint density at radius 2 is 2.03 bits per heavy atom. The Bertz CT molecular complexity index is 1280. The third-order valence-corrected chi connectivity index (χ3v) is 4.79. The van der Waals surface area contributed by atoms with E-state index in [9.17, 15) is 14.0 Å². The van der Waals surface area contributed by atoms with Crippen LogP contribution in [0.25, 0.3) is 22.4 Å². The van der Waals surface area contributed by atoms with E-state index in [0.29, 0.717) is 12.1 Å². The fraction of sp³-hybridized carbons (Fsp3) is 0.182. The Morgan fingerprint density at radius 3 is 2.77 bits per heavy atom. The second kappa shape index (κ2) is 8.78. The average Bonchev–Trinajstić information content (AvgIpc) is 3.22. The quantitative estimate of drug-likeness (QED) is 0.492. The second-order valence-corrected chi connectivity index (χ2v) is 6.84. The first-order chi connectivity index (χ1) is 15.0. The van der Waals surface area contributed by atoms with Gasteiger partial charge in [-0.1, -0.05) is 29.4 Å². The maximum absolute atomic E-state index is 13.6. The zero-order valence-corrected chi connectivity index (χ0v) is 16.7. The summed E-state index contributed by atoms with van der Waals surface area (Å²) in [4.78, 5) is 29.2. The van der Waals surface area contributed by atoms with Crippen LogP contribution in [-0.2, 0) is 17.9 Å². The Labute approximate surface area is 176 Å². The van der Waals surface area contributed by atoms with Crippen molar-refractivity contribution in [2.75, 3.05) is 7.11 Å². The van der Waals surface area contributed by atoms with E-state index < -0.39 is 11.4 Å². The molecule has 0 bridgehead atoms. The number of carbonyl (C=O) groups is 1. The van der Waals surface area contributed by atoms with Crippen molar-refractivity contribution in [2.45, 2.75) is 19.5 Å². The summed E-state index contributed by atoms with van der Waals surface area (Å²) in [5, 5.41) is 6.83. The van der Waals surface area contributed by atoms with Gasteiger partial charge in [-0.2, -0.15) is 0 Å². The van der Waals surface area contributed by atoms with Crippen LogP contribution in [0.15, 0.2) is 64.2 Å². The standard InChI is InChI=1S/C22H19FN4O4/c1-30-17-7-5-14(6-8-17)12-24-18(28)9-10-27-13-25-21-19(22(27)29)20(26-31-21)15-3-2-4-16(23)11-15/h2-8,11,13H,9-10,12H2,1H3,(H,24,28). The summed E-state index contributed by atoms with van der Waals surface area (Å²) < 4.78 is 25.1. The Kier molecular flexibility index (Phi) is 5.74. The molecule has 0 saturated heterocycles. The molecule has 0 saturated carbocycles. The molecule has 31 heavy (non-hydrogen) atoms. The highest BCUT2D eigenvalue weighted by Crippen LogP contribution is 2.24. The first kappa shape index (κ1) is 20.3. The SMILES string of the molecule is COc1ccc(CNC(=O)CCn2cnc3onc(-c4cccc(F)c4)c3c2=O)cc1. The fourth-order valence-corrected chi connectivity index (χ4v) is 3.13. The second-order valence-electron chi connectivity index (χ2n) is 6.84. The number of halogens is 1. The van der Waals surface area contributed by atoms with Gasteiger partial charge in [-0.3, -0.25) is 14.2 Å². The largest absolute Gasteiger partial charge is 0.497 e. The first-order valence-corrected chi connectivity index (χ1v) is 9.55. The lowest BCUT2D eigenvalue weighted by Crippen LogP contribution is -2.27. The van der Waals surface area contributed by atoms with Crippen LogP contribution in [0, 0.1) is 5.82 Å². The van der Waals surface area contributed by atoms with Gasteiger partial charge in [0.2, 0.25) is 5.91 Å². The molecule has 158 valence electrons. The fourth-order valence-electron chi connectivity index (χ4n) is 3.13. The minimum atomic E-state index is -0.452. The number of ether oxygens (including phenoxy) is 1. The molecule has 9 heteroatoms. The Hall–Kier alpha value is -4.01. The molecule has 0 radical (unpaired) electrons. The van der Waals surface area contributed by atoms with Gasteiger partial charge in [-0.15, -0.1) is 0 Å². The van der Waals surface area contributed by atoms with Crippen molar-refractivity contribution in [1.82, 2.24) is 20.0 Å². The van der Waals surface area contributed by atoms with E-state index in [4.69, 9.17) is 9.26 Å². The third-order valence-electron chi connectivity index (χ3n) is 4.79. The molecule has 1 N–H and O–H groups in total. The van der Waals surface area contributed by atoms with Gasteiger partial charge >= 0.3 is 0 Å². The molecule has 0 unspecified atom stereocenters. The van der Waals surface area contributed by atoms with Gasteiger partial charge in [0.25, 0.3) is 11.3 Å². The number of fused-ring (bicyclic) bond motifs is 1. The molecule has 0 atom stereocenters. The number of benzene rings is 2. The van der Waals surface area contributed by atoms with E-state index in [2.05, 4.69) is 15.5 Å². The summed E-state index contributed by atoms with van der Waals surface area (Å²) in [7, 11) is 1.59. The Morgan fingerprint density at radius 1 is 1.23 bits per heavy atom. The molecule has 0 aliphatic heterocycles. The van der Waals surface area contributed by atoms with Crippen LogP contribution in [0.1, 0.15) is 12.0 Å². The number of amides is 1. The highest BCUT2D eigenvalue weighted by Gasteiger charge is 2.17. The molecule has 4 aromatic rings. The summed E-state index contributed by atoms with van der Waals surface area (Å²) in [6, 6.07) is 13.1. The van der Waals surface area contributed by atoms with Gasteiger partial charge in [-0.25, -0.2) is 9.37 Å². The average molecular weight is 422 g/mol. The lowest BCUT2D eigenvalue weighted by Gasteiger charge is -2.08. The zero-order valence-electron chi connectivity index (χ0n) is 16.7. The van der Waals surface area contributed by atoms with Gasteiger partial charge in [0.05, 0.1) is 7.11 Å². The van der Waals surface area contributed by atoms with E-state index >= 15 is 0 Å². The van der Waals surface area contributed by atoms with Crippen molar-refractivity contribution in [3.63, 3.8) is 0 Å². The molecule has 2 heterocycles. The maximum Gasteiger partial charge on any atom is 0.266 e. The summed E-state index contributed by atoms with van der Waals surface area (Å²) in [5.41, 5.74) is 1.20. The lowest BCUT2D eigenvalue weighted by atomic mass is 10.1. The van der Waals surface area contributed by atoms with Crippen molar-refractivity contribution >= 4 is 17.0 Å². The van der Waals surface area contributed by atoms with E-state index in [1.807, 2.05) is 24.3 Å². The van der Waals surface area contributed by atoms with Crippen LogP contribution in [0.3, 0.4) is 0 Å². The highest BCUT2D eigenvalue weighted by atomic mass is 19.1. The molecular formula is C22H19FN4O4. The molecular weight excluding hydrogens is 403 g/mol. The van der Waals surface area contributed by atoms with Crippen LogP contribution in [0.4, 0.5) is 4.39 Å². The van der Waals surface area contributed by atoms with Crippen LogP contribution < -0.4 is 15.6 Å². The number of hydrogen-bond donors (Lipinski definition) is 1. The normalized spacial score (nSPS) is 10.9. The van der Waals surface area contributed by atoms with Gasteiger partial charge in [0.1, 0.15) is 29.0 Å². The molecule has 0 aliphatic carbocycles. The molecule has 0 aliphatic rings. The lowest BCUT2D eigenvalue weighted by molar-refractivity contribution is -0.121. The summed E-state index contributed by atoms with van der Waals surface area (Å²) in [6.07, 6.45) is 1.39. The number of hydrogen-bond acceptors (Lipinski definition) is 6. The summed E-state index contributed by atoms with van der Waals surface area (Å²) in [5.74, 6) is 0.0774. The van der Waals surface area contributed by atoms with Crippen molar-refractivity contribution < 1.29 is 18.4 Å². The van der Waals surface area contributed by atoms with Gasteiger partial charge in [0, 0.05) is 25.1 Å². The number of aromatic nitrogens is 3. The minimum absolute atomic E-state index is 0.0597. The number of aryl methyl sites for hydroxylation is 1. The molecule has 2 aromatic heterocycles. The molecule has 2 aromatic carbocycles. The highest BCUT2D eigenvalue weighted by molar-refractivity contribution is 5.88. The Balaban J connectivity index is 1.46. The summed E-state index contributed by atoms with van der Waals surface area (Å²) >= 11 is 0. The zero-order chi connectivity index (χ0) is 21.8. The summed E-state index contributed by atoms with van der Waals surface area (Å²) in [6.45, 7) is 0.494. The van der Waals surface area contributed by atoms with Crippen LogP contribution in [-0.4, -0.2) is 27.7 Å². The van der Waals surface area contributed by atoms with Gasteiger partial charge < -0.3 is 14.6 Å². The maximum atomic E-state index is 13.6. The number of methoxy groups -OCH3 is 1. The van der Waals surface area contributed by atoms with Crippen LogP contribution in [0.5, 0.6) is 5.75 Å². The van der Waals surface area contributed by atoms with Crippen LogP contribution in [0.2, 0.25) is 0 Å². The van der Waals surface area contributed by atoms with Crippen molar-refractivity contribution in [1.29, 1.82) is 0 Å².